The van der Waals surface area contributed by atoms with Gasteiger partial charge in [-0.1, -0.05) is 18.6 Å². The van der Waals surface area contributed by atoms with Gasteiger partial charge in [-0.2, -0.15) is 0 Å². The van der Waals surface area contributed by atoms with Gasteiger partial charge in [0.1, 0.15) is 5.75 Å². The molecule has 1 fully saturated rings. The number of benzene rings is 1. The summed E-state index contributed by atoms with van der Waals surface area (Å²) in [6.45, 7) is 3.98. The molecule has 0 amide bonds. The summed E-state index contributed by atoms with van der Waals surface area (Å²) in [5.41, 5.74) is 0.564. The lowest BCUT2D eigenvalue weighted by Gasteiger charge is -2.37. The lowest BCUT2D eigenvalue weighted by atomic mass is 9.65. The highest BCUT2D eigenvalue weighted by Gasteiger charge is 2.44. The van der Waals surface area contributed by atoms with E-state index in [-0.39, 0.29) is 6.10 Å². The third-order valence-electron chi connectivity index (χ3n) is 3.60. The molecule has 3 nitrogen and oxygen atoms in total. The van der Waals surface area contributed by atoms with Crippen molar-refractivity contribution in [3.05, 3.63) is 29.8 Å². The minimum Gasteiger partial charge on any atom is -0.491 e. The molecule has 2 rings (SSSR count). The van der Waals surface area contributed by atoms with Gasteiger partial charge >= 0.3 is 5.97 Å². The molecule has 1 aromatic carbocycles. The van der Waals surface area contributed by atoms with E-state index in [1.807, 2.05) is 38.1 Å². The Kier molecular flexibility index (Phi) is 3.60. The summed E-state index contributed by atoms with van der Waals surface area (Å²) in [4.78, 5) is 11.3. The number of rotatable bonds is 5. The van der Waals surface area contributed by atoms with Crippen LogP contribution in [0.15, 0.2) is 24.3 Å². The Hall–Kier alpha value is -1.51. The number of carboxylic acid groups (broad SMARTS) is 1. The summed E-state index contributed by atoms with van der Waals surface area (Å²) in [7, 11) is 0. The average Bonchev–Trinajstić information content (AvgIpc) is 2.24. The minimum atomic E-state index is -0.656. The van der Waals surface area contributed by atoms with Gasteiger partial charge < -0.3 is 9.84 Å². The molecule has 1 aromatic rings. The molecule has 98 valence electrons. The van der Waals surface area contributed by atoms with Crippen LogP contribution in [0.3, 0.4) is 0 Å². The Morgan fingerprint density at radius 3 is 2.33 bits per heavy atom. The van der Waals surface area contributed by atoms with E-state index in [0.29, 0.717) is 6.42 Å². The highest BCUT2D eigenvalue weighted by atomic mass is 16.5. The predicted octanol–water partition coefficient (Wildman–Crippen LogP) is 3.27. The highest BCUT2D eigenvalue weighted by Crippen LogP contribution is 2.44. The molecule has 18 heavy (non-hydrogen) atoms. The first-order valence-corrected chi connectivity index (χ1v) is 6.51. The van der Waals surface area contributed by atoms with Gasteiger partial charge in [0.25, 0.3) is 0 Å². The van der Waals surface area contributed by atoms with Gasteiger partial charge in [0.2, 0.25) is 0 Å². The fraction of sp³-hybridized carbons (Fsp3) is 0.533. The third-order valence-corrected chi connectivity index (χ3v) is 3.60. The van der Waals surface area contributed by atoms with Gasteiger partial charge in [-0.3, -0.25) is 4.79 Å². The minimum absolute atomic E-state index is 0.160. The fourth-order valence-electron chi connectivity index (χ4n) is 2.42. The molecule has 0 aromatic heterocycles. The third kappa shape index (κ3) is 2.66. The topological polar surface area (TPSA) is 46.5 Å². The van der Waals surface area contributed by atoms with Crippen LogP contribution in [0.1, 0.15) is 38.7 Å². The van der Waals surface area contributed by atoms with Crippen LogP contribution in [-0.4, -0.2) is 17.2 Å². The van der Waals surface area contributed by atoms with Crippen molar-refractivity contribution in [3.8, 4) is 5.75 Å². The van der Waals surface area contributed by atoms with Crippen LogP contribution in [0.4, 0.5) is 0 Å². The fourth-order valence-corrected chi connectivity index (χ4v) is 2.42. The zero-order chi connectivity index (χ0) is 13.2. The van der Waals surface area contributed by atoms with Gasteiger partial charge in [-0.25, -0.2) is 0 Å². The molecule has 0 spiro atoms. The van der Waals surface area contributed by atoms with Crippen molar-refractivity contribution in [2.24, 2.45) is 5.41 Å². The summed E-state index contributed by atoms with van der Waals surface area (Å²) in [6.07, 6.45) is 3.41. The van der Waals surface area contributed by atoms with Crippen molar-refractivity contribution < 1.29 is 14.6 Å². The summed E-state index contributed by atoms with van der Waals surface area (Å²) in [6, 6.07) is 7.79. The van der Waals surface area contributed by atoms with Crippen LogP contribution < -0.4 is 4.74 Å². The molecule has 0 aliphatic heterocycles. The van der Waals surface area contributed by atoms with Crippen LogP contribution in [0.5, 0.6) is 5.75 Å². The summed E-state index contributed by atoms with van der Waals surface area (Å²) < 4.78 is 5.57. The van der Waals surface area contributed by atoms with Crippen LogP contribution in [-0.2, 0) is 11.2 Å². The number of hydrogen-bond acceptors (Lipinski definition) is 2. The lowest BCUT2D eigenvalue weighted by Crippen LogP contribution is -2.39. The summed E-state index contributed by atoms with van der Waals surface area (Å²) in [5.74, 6) is 0.183. The highest BCUT2D eigenvalue weighted by molar-refractivity contribution is 5.76. The van der Waals surface area contributed by atoms with E-state index < -0.39 is 11.4 Å². The van der Waals surface area contributed by atoms with Gasteiger partial charge in [-0.15, -0.1) is 0 Å². The van der Waals surface area contributed by atoms with E-state index in [0.717, 1.165) is 30.6 Å². The zero-order valence-electron chi connectivity index (χ0n) is 11.0. The van der Waals surface area contributed by atoms with Crippen molar-refractivity contribution >= 4 is 5.97 Å². The number of carbonyl (C=O) groups is 1. The Morgan fingerprint density at radius 1 is 1.33 bits per heavy atom. The molecular formula is C15H20O3. The maximum Gasteiger partial charge on any atom is 0.309 e. The number of ether oxygens (including phenoxy) is 1. The number of aliphatic carboxylic acids is 1. The van der Waals surface area contributed by atoms with E-state index in [1.165, 1.54) is 0 Å². The molecule has 3 heteroatoms. The maximum atomic E-state index is 11.3. The molecule has 0 radical (unpaired) electrons. The Bertz CT molecular complexity index is 416. The number of hydrogen-bond donors (Lipinski definition) is 1. The van der Waals surface area contributed by atoms with Crippen molar-refractivity contribution in [3.63, 3.8) is 0 Å². The van der Waals surface area contributed by atoms with Gasteiger partial charge in [0.05, 0.1) is 11.5 Å². The lowest BCUT2D eigenvalue weighted by molar-refractivity contribution is -0.154. The second kappa shape index (κ2) is 5.01. The van der Waals surface area contributed by atoms with Crippen LogP contribution in [0.25, 0.3) is 0 Å². The molecule has 1 N–H and O–H groups in total. The SMILES string of the molecule is CC(C)Oc1ccc(CC2(C(=O)O)CCC2)cc1. The van der Waals surface area contributed by atoms with Gasteiger partial charge in [0, 0.05) is 0 Å². The normalized spacial score (nSPS) is 17.3. The maximum absolute atomic E-state index is 11.3. The molecule has 0 unspecified atom stereocenters. The second-order valence-corrected chi connectivity index (χ2v) is 5.43. The second-order valence-electron chi connectivity index (χ2n) is 5.43. The first kappa shape index (κ1) is 12.9. The quantitative estimate of drug-likeness (QED) is 0.869. The van der Waals surface area contributed by atoms with E-state index in [4.69, 9.17) is 4.74 Å². The van der Waals surface area contributed by atoms with Crippen molar-refractivity contribution in [1.29, 1.82) is 0 Å². The van der Waals surface area contributed by atoms with E-state index in [1.54, 1.807) is 0 Å². The molecule has 0 atom stereocenters. The molecule has 0 bridgehead atoms. The van der Waals surface area contributed by atoms with Crippen LogP contribution >= 0.6 is 0 Å². The molecule has 1 saturated carbocycles. The molecule has 1 aliphatic carbocycles. The average molecular weight is 248 g/mol. The standard InChI is InChI=1S/C15H20O3/c1-11(2)18-13-6-4-12(5-7-13)10-15(14(16)17)8-3-9-15/h4-7,11H,3,8-10H2,1-2H3,(H,16,17). The van der Waals surface area contributed by atoms with Crippen LogP contribution in [0.2, 0.25) is 0 Å². The predicted molar refractivity (Wildman–Crippen MR) is 69.8 cm³/mol. The summed E-state index contributed by atoms with van der Waals surface area (Å²) in [5, 5.41) is 9.29. The van der Waals surface area contributed by atoms with E-state index in [2.05, 4.69) is 0 Å². The molecule has 0 saturated heterocycles. The zero-order valence-corrected chi connectivity index (χ0v) is 11.0. The Labute approximate surface area is 108 Å². The van der Waals surface area contributed by atoms with Crippen molar-refractivity contribution in [1.82, 2.24) is 0 Å². The Morgan fingerprint density at radius 2 is 1.94 bits per heavy atom. The number of carboxylic acids is 1. The van der Waals surface area contributed by atoms with Gasteiger partial charge in [-0.05, 0) is 50.8 Å². The van der Waals surface area contributed by atoms with E-state index >= 15 is 0 Å². The molecular weight excluding hydrogens is 228 g/mol. The smallest absolute Gasteiger partial charge is 0.309 e. The van der Waals surface area contributed by atoms with Crippen LogP contribution in [0, 0.1) is 5.41 Å². The largest absolute Gasteiger partial charge is 0.491 e. The van der Waals surface area contributed by atoms with Crippen molar-refractivity contribution in [2.45, 2.75) is 45.6 Å². The van der Waals surface area contributed by atoms with E-state index in [9.17, 15) is 9.90 Å². The monoisotopic (exact) mass is 248 g/mol. The van der Waals surface area contributed by atoms with Gasteiger partial charge in [0.15, 0.2) is 0 Å². The first-order valence-electron chi connectivity index (χ1n) is 6.51. The summed E-state index contributed by atoms with van der Waals surface area (Å²) >= 11 is 0. The molecule has 1 aliphatic rings. The van der Waals surface area contributed by atoms with Crippen molar-refractivity contribution in [2.75, 3.05) is 0 Å². The molecule has 0 heterocycles. The first-order chi connectivity index (χ1) is 8.52. The Balaban J connectivity index is 2.04.